The van der Waals surface area contributed by atoms with Crippen LogP contribution in [0.3, 0.4) is 0 Å². The maximum atomic E-state index is 13.5. The van der Waals surface area contributed by atoms with Crippen molar-refractivity contribution in [3.8, 4) is 5.88 Å². The van der Waals surface area contributed by atoms with Crippen LogP contribution in [0.4, 0.5) is 9.18 Å². The first-order chi connectivity index (χ1) is 8.61. The predicted octanol–water partition coefficient (Wildman–Crippen LogP) is 2.00. The lowest BCUT2D eigenvalue weighted by molar-refractivity contribution is 0.150. The molecule has 1 aromatic heterocycles. The second kappa shape index (κ2) is 5.03. The molecule has 0 spiro atoms. The van der Waals surface area contributed by atoms with Gasteiger partial charge >= 0.3 is 6.09 Å². The zero-order valence-electron chi connectivity index (χ0n) is 9.89. The Balaban J connectivity index is 2.18. The van der Waals surface area contributed by atoms with Crippen LogP contribution in [0.15, 0.2) is 18.3 Å². The third kappa shape index (κ3) is 2.42. The van der Waals surface area contributed by atoms with E-state index < -0.39 is 11.9 Å². The Morgan fingerprint density at radius 1 is 1.61 bits per heavy atom. The first-order valence-corrected chi connectivity index (χ1v) is 5.48. The molecule has 1 aliphatic rings. The number of pyridine rings is 1. The van der Waals surface area contributed by atoms with Gasteiger partial charge in [0.25, 0.3) is 0 Å². The number of hydrogen-bond donors (Lipinski definition) is 1. The number of aromatic nitrogens is 1. The van der Waals surface area contributed by atoms with Crippen LogP contribution in [0.1, 0.15) is 12.0 Å². The lowest BCUT2D eigenvalue weighted by atomic mass is 10.0. The van der Waals surface area contributed by atoms with Gasteiger partial charge in [-0.25, -0.2) is 14.2 Å². The summed E-state index contributed by atoms with van der Waals surface area (Å²) in [4.78, 5) is 15.9. The summed E-state index contributed by atoms with van der Waals surface area (Å²) >= 11 is 0. The maximum absolute atomic E-state index is 13.5. The topological polar surface area (TPSA) is 62.7 Å². The van der Waals surface area contributed by atoms with Gasteiger partial charge in [-0.3, -0.25) is 0 Å². The molecule has 18 heavy (non-hydrogen) atoms. The molecular formula is C12H13FN2O3. The van der Waals surface area contributed by atoms with Crippen molar-refractivity contribution < 1.29 is 19.0 Å². The Bertz CT molecular complexity index is 502. The van der Waals surface area contributed by atoms with Gasteiger partial charge < -0.3 is 14.7 Å². The Kier molecular flexibility index (Phi) is 3.45. The normalized spacial score (nSPS) is 15.2. The summed E-state index contributed by atoms with van der Waals surface area (Å²) < 4.78 is 18.2. The van der Waals surface area contributed by atoms with Gasteiger partial charge in [0, 0.05) is 19.3 Å². The van der Waals surface area contributed by atoms with Crippen LogP contribution in [0.25, 0.3) is 5.57 Å². The smallest absolute Gasteiger partial charge is 0.407 e. The molecular weight excluding hydrogens is 239 g/mol. The van der Waals surface area contributed by atoms with Gasteiger partial charge in [-0.2, -0.15) is 0 Å². The van der Waals surface area contributed by atoms with Crippen molar-refractivity contribution in [3.63, 3.8) is 0 Å². The van der Waals surface area contributed by atoms with Crippen LogP contribution >= 0.6 is 0 Å². The van der Waals surface area contributed by atoms with E-state index in [1.165, 1.54) is 24.3 Å². The monoisotopic (exact) mass is 252 g/mol. The van der Waals surface area contributed by atoms with Gasteiger partial charge in [0.15, 0.2) is 5.82 Å². The summed E-state index contributed by atoms with van der Waals surface area (Å²) in [5.74, 6) is -0.557. The second-order valence-corrected chi connectivity index (χ2v) is 3.92. The molecule has 1 aromatic rings. The molecule has 1 aliphatic heterocycles. The number of rotatable bonds is 2. The Hall–Kier alpha value is -2.11. The van der Waals surface area contributed by atoms with E-state index in [0.717, 1.165) is 5.57 Å². The number of ether oxygens (including phenoxy) is 1. The fourth-order valence-corrected chi connectivity index (χ4v) is 1.86. The number of hydrogen-bond acceptors (Lipinski definition) is 3. The lowest BCUT2D eigenvalue weighted by Gasteiger charge is -2.23. The highest BCUT2D eigenvalue weighted by Gasteiger charge is 2.17. The molecule has 0 atom stereocenters. The van der Waals surface area contributed by atoms with E-state index in [1.54, 1.807) is 6.08 Å². The van der Waals surface area contributed by atoms with Crippen molar-refractivity contribution >= 4 is 11.7 Å². The number of amides is 1. The molecule has 0 bridgehead atoms. The van der Waals surface area contributed by atoms with E-state index in [4.69, 9.17) is 9.84 Å². The summed E-state index contributed by atoms with van der Waals surface area (Å²) in [5, 5.41) is 8.82. The first-order valence-electron chi connectivity index (χ1n) is 5.48. The maximum Gasteiger partial charge on any atom is 0.407 e. The fourth-order valence-electron chi connectivity index (χ4n) is 1.86. The zero-order chi connectivity index (χ0) is 13.1. The van der Waals surface area contributed by atoms with Crippen LogP contribution in [-0.2, 0) is 0 Å². The molecule has 0 aliphatic carbocycles. The average molecular weight is 252 g/mol. The highest BCUT2D eigenvalue weighted by molar-refractivity contribution is 5.71. The van der Waals surface area contributed by atoms with E-state index >= 15 is 0 Å². The number of carboxylic acid groups (broad SMARTS) is 1. The largest absolute Gasteiger partial charge is 0.479 e. The van der Waals surface area contributed by atoms with E-state index in [-0.39, 0.29) is 5.88 Å². The predicted molar refractivity (Wildman–Crippen MR) is 62.9 cm³/mol. The highest BCUT2D eigenvalue weighted by Crippen LogP contribution is 2.24. The van der Waals surface area contributed by atoms with Gasteiger partial charge in [0.1, 0.15) is 0 Å². The van der Waals surface area contributed by atoms with Gasteiger partial charge in [0.05, 0.1) is 7.11 Å². The molecule has 0 fully saturated rings. The third-order valence-electron chi connectivity index (χ3n) is 2.85. The van der Waals surface area contributed by atoms with E-state index in [2.05, 4.69) is 4.98 Å². The summed E-state index contributed by atoms with van der Waals surface area (Å²) in [7, 11) is 1.36. The van der Waals surface area contributed by atoms with Crippen LogP contribution in [-0.4, -0.2) is 41.3 Å². The first kappa shape index (κ1) is 12.3. The van der Waals surface area contributed by atoms with Crippen molar-refractivity contribution in [2.24, 2.45) is 0 Å². The molecule has 1 N–H and O–H groups in total. The van der Waals surface area contributed by atoms with Crippen molar-refractivity contribution in [2.45, 2.75) is 6.42 Å². The summed E-state index contributed by atoms with van der Waals surface area (Å²) in [6.45, 7) is 0.729. The standard InChI is InChI=1S/C12H13FN2O3/c1-18-11-10(13)6-9(7-14-11)8-2-4-15(5-3-8)12(16)17/h2,6-7H,3-5H2,1H3,(H,16,17). The van der Waals surface area contributed by atoms with Crippen molar-refractivity contribution in [1.29, 1.82) is 0 Å². The van der Waals surface area contributed by atoms with Crippen LogP contribution in [0.5, 0.6) is 5.88 Å². The Morgan fingerprint density at radius 3 is 2.89 bits per heavy atom. The summed E-state index contributed by atoms with van der Waals surface area (Å²) in [6.07, 6.45) is 2.93. The SMILES string of the molecule is COc1ncc(C2=CCN(C(=O)O)CC2)cc1F. The van der Waals surface area contributed by atoms with Crippen LogP contribution < -0.4 is 4.74 Å². The molecule has 0 radical (unpaired) electrons. The van der Waals surface area contributed by atoms with E-state index in [1.807, 2.05) is 0 Å². The molecule has 96 valence electrons. The minimum Gasteiger partial charge on any atom is -0.479 e. The lowest BCUT2D eigenvalue weighted by Crippen LogP contribution is -2.33. The molecule has 0 unspecified atom stereocenters. The molecule has 0 aromatic carbocycles. The molecule has 6 heteroatoms. The van der Waals surface area contributed by atoms with Crippen LogP contribution in [0.2, 0.25) is 0 Å². The van der Waals surface area contributed by atoms with E-state index in [9.17, 15) is 9.18 Å². The minimum atomic E-state index is -0.940. The average Bonchev–Trinajstić information content (AvgIpc) is 2.38. The van der Waals surface area contributed by atoms with Crippen molar-refractivity contribution in [2.75, 3.05) is 20.2 Å². The quantitative estimate of drug-likeness (QED) is 0.874. The number of halogens is 1. The van der Waals surface area contributed by atoms with Gasteiger partial charge in [-0.15, -0.1) is 0 Å². The summed E-state index contributed by atoms with van der Waals surface area (Å²) in [6, 6.07) is 1.36. The molecule has 2 heterocycles. The van der Waals surface area contributed by atoms with Gasteiger partial charge in [-0.05, 0) is 23.6 Å². The van der Waals surface area contributed by atoms with Crippen molar-refractivity contribution in [1.82, 2.24) is 9.88 Å². The van der Waals surface area contributed by atoms with Crippen molar-refractivity contribution in [3.05, 3.63) is 29.7 Å². The second-order valence-electron chi connectivity index (χ2n) is 3.92. The van der Waals surface area contributed by atoms with E-state index in [0.29, 0.717) is 25.1 Å². The van der Waals surface area contributed by atoms with Gasteiger partial charge in [-0.1, -0.05) is 6.08 Å². The molecule has 1 amide bonds. The van der Waals surface area contributed by atoms with Gasteiger partial charge in [0.2, 0.25) is 5.88 Å². The fraction of sp³-hybridized carbons (Fsp3) is 0.333. The molecule has 0 saturated heterocycles. The number of nitrogens with zero attached hydrogens (tertiary/aromatic N) is 2. The Morgan fingerprint density at radius 2 is 2.39 bits per heavy atom. The number of carbonyl (C=O) groups is 1. The van der Waals surface area contributed by atoms with Crippen LogP contribution in [0, 0.1) is 5.82 Å². The Labute approximate surface area is 104 Å². The highest BCUT2D eigenvalue weighted by atomic mass is 19.1. The molecule has 2 rings (SSSR count). The molecule has 5 nitrogen and oxygen atoms in total. The molecule has 0 saturated carbocycles. The summed E-state index contributed by atoms with van der Waals surface area (Å²) in [5.41, 5.74) is 1.57. The third-order valence-corrected chi connectivity index (χ3v) is 2.85. The number of methoxy groups -OCH3 is 1. The minimum absolute atomic E-state index is 0.0395. The zero-order valence-corrected chi connectivity index (χ0v) is 9.89.